The summed E-state index contributed by atoms with van der Waals surface area (Å²) >= 11 is 2.56. The Kier molecular flexibility index (Phi) is 5.78. The number of hydrogen-bond donors (Lipinski definition) is 2. The summed E-state index contributed by atoms with van der Waals surface area (Å²) in [5.74, 6) is -0.274. The van der Waals surface area contributed by atoms with Crippen molar-refractivity contribution >= 4 is 49.8 Å². The van der Waals surface area contributed by atoms with Crippen molar-refractivity contribution in [3.63, 3.8) is 0 Å². The highest BCUT2D eigenvalue weighted by Gasteiger charge is 2.19. The molecule has 0 saturated heterocycles. The molecule has 0 aliphatic heterocycles. The lowest BCUT2D eigenvalue weighted by Gasteiger charge is -2.11. The molecular formula is C17H16N4O3S3. The van der Waals surface area contributed by atoms with Crippen LogP contribution in [-0.4, -0.2) is 30.8 Å². The number of thioether (sulfide) groups is 1. The van der Waals surface area contributed by atoms with Gasteiger partial charge >= 0.3 is 0 Å². The Bertz CT molecular complexity index is 1070. The summed E-state index contributed by atoms with van der Waals surface area (Å²) in [6, 6.07) is 13.9. The van der Waals surface area contributed by atoms with E-state index in [4.69, 9.17) is 0 Å². The van der Waals surface area contributed by atoms with Gasteiger partial charge in [0.05, 0.1) is 10.6 Å². The molecule has 2 N–H and O–H groups in total. The highest BCUT2D eigenvalue weighted by atomic mass is 32.2. The van der Waals surface area contributed by atoms with Gasteiger partial charge in [0, 0.05) is 17.4 Å². The minimum absolute atomic E-state index is 0.0283. The number of rotatable bonds is 6. The molecule has 0 unspecified atom stereocenters. The largest absolute Gasteiger partial charge is 0.325 e. The fourth-order valence-corrected chi connectivity index (χ4v) is 4.82. The Morgan fingerprint density at radius 1 is 1.11 bits per heavy atom. The van der Waals surface area contributed by atoms with Crippen molar-refractivity contribution in [3.8, 4) is 10.6 Å². The number of sulfonamides is 1. The van der Waals surface area contributed by atoms with Crippen molar-refractivity contribution in [2.75, 3.05) is 16.3 Å². The average molecular weight is 421 g/mol. The zero-order valence-electron chi connectivity index (χ0n) is 14.5. The standard InChI is InChI=1S/C17H16N4O3S3/c1-11(22)18-14-10-13(8-9-15(14)25-2)27(23,24)21-17-20-19-16(26-17)12-6-4-3-5-7-12/h3-10H,1-2H3,(H,18,22)(H,20,21). The van der Waals surface area contributed by atoms with Gasteiger partial charge in [-0.15, -0.1) is 22.0 Å². The molecule has 3 rings (SSSR count). The van der Waals surface area contributed by atoms with E-state index in [1.165, 1.54) is 30.8 Å². The van der Waals surface area contributed by atoms with Crippen molar-refractivity contribution in [1.82, 2.24) is 10.2 Å². The van der Waals surface area contributed by atoms with E-state index in [0.717, 1.165) is 21.8 Å². The quantitative estimate of drug-likeness (QED) is 0.590. The summed E-state index contributed by atoms with van der Waals surface area (Å²) in [6.07, 6.45) is 1.85. The number of hydrogen-bond acceptors (Lipinski definition) is 7. The maximum Gasteiger partial charge on any atom is 0.263 e. The van der Waals surface area contributed by atoms with E-state index >= 15 is 0 Å². The van der Waals surface area contributed by atoms with Crippen LogP contribution in [0.15, 0.2) is 58.3 Å². The van der Waals surface area contributed by atoms with Crippen molar-refractivity contribution < 1.29 is 13.2 Å². The predicted octanol–water partition coefficient (Wildman–Crippen LogP) is 3.69. The van der Waals surface area contributed by atoms with Gasteiger partial charge in [0.15, 0.2) is 0 Å². The van der Waals surface area contributed by atoms with Crippen LogP contribution in [0.5, 0.6) is 0 Å². The van der Waals surface area contributed by atoms with E-state index in [9.17, 15) is 13.2 Å². The molecule has 0 saturated carbocycles. The second kappa shape index (κ2) is 8.07. The smallest absolute Gasteiger partial charge is 0.263 e. The molecular weight excluding hydrogens is 404 g/mol. The minimum Gasteiger partial charge on any atom is -0.325 e. The third kappa shape index (κ3) is 4.65. The molecule has 1 aromatic heterocycles. The molecule has 1 amide bonds. The van der Waals surface area contributed by atoms with E-state index in [2.05, 4.69) is 20.2 Å². The van der Waals surface area contributed by atoms with Crippen molar-refractivity contribution in [3.05, 3.63) is 48.5 Å². The van der Waals surface area contributed by atoms with Crippen LogP contribution in [0.25, 0.3) is 10.6 Å². The second-order valence-electron chi connectivity index (χ2n) is 5.43. The average Bonchev–Trinajstić information content (AvgIpc) is 3.09. The van der Waals surface area contributed by atoms with E-state index in [1.807, 2.05) is 36.6 Å². The topological polar surface area (TPSA) is 101 Å². The molecule has 0 radical (unpaired) electrons. The lowest BCUT2D eigenvalue weighted by molar-refractivity contribution is -0.114. The third-order valence-electron chi connectivity index (χ3n) is 3.46. The summed E-state index contributed by atoms with van der Waals surface area (Å²) in [5, 5.41) is 11.4. The van der Waals surface area contributed by atoms with Gasteiger partial charge in [-0.05, 0) is 24.5 Å². The van der Waals surface area contributed by atoms with Crippen LogP contribution in [0.4, 0.5) is 10.8 Å². The first-order chi connectivity index (χ1) is 12.9. The van der Waals surface area contributed by atoms with Crippen molar-refractivity contribution in [2.24, 2.45) is 0 Å². The van der Waals surface area contributed by atoms with E-state index in [0.29, 0.717) is 10.7 Å². The molecule has 0 aliphatic carbocycles. The van der Waals surface area contributed by atoms with Crippen molar-refractivity contribution in [1.29, 1.82) is 0 Å². The predicted molar refractivity (Wildman–Crippen MR) is 109 cm³/mol. The number of nitrogens with zero attached hydrogens (tertiary/aromatic N) is 2. The number of benzene rings is 2. The Hall–Kier alpha value is -2.43. The van der Waals surface area contributed by atoms with Gasteiger partial charge in [-0.25, -0.2) is 8.42 Å². The fourth-order valence-electron chi connectivity index (χ4n) is 2.28. The van der Waals surface area contributed by atoms with Crippen LogP contribution in [0.3, 0.4) is 0 Å². The molecule has 3 aromatic rings. The van der Waals surface area contributed by atoms with Crippen LogP contribution < -0.4 is 10.0 Å². The van der Waals surface area contributed by atoms with E-state index < -0.39 is 10.0 Å². The lowest BCUT2D eigenvalue weighted by atomic mass is 10.2. The zero-order valence-corrected chi connectivity index (χ0v) is 16.9. The molecule has 10 heteroatoms. The molecule has 0 fully saturated rings. The summed E-state index contributed by atoms with van der Waals surface area (Å²) < 4.78 is 27.8. The summed E-state index contributed by atoms with van der Waals surface area (Å²) in [4.78, 5) is 12.2. The number of nitrogens with one attached hydrogen (secondary N) is 2. The van der Waals surface area contributed by atoms with Gasteiger partial charge in [-0.2, -0.15) is 0 Å². The van der Waals surface area contributed by atoms with Gasteiger partial charge in [0.2, 0.25) is 11.0 Å². The first-order valence-corrected chi connectivity index (χ1v) is 11.3. The minimum atomic E-state index is -3.87. The normalized spacial score (nSPS) is 11.2. The number of amides is 1. The number of carbonyl (C=O) groups is 1. The molecule has 0 bridgehead atoms. The van der Waals surface area contributed by atoms with Crippen LogP contribution in [-0.2, 0) is 14.8 Å². The number of aromatic nitrogens is 2. The maximum absolute atomic E-state index is 12.7. The third-order valence-corrected chi connectivity index (χ3v) is 6.61. The molecule has 0 atom stereocenters. The van der Waals surface area contributed by atoms with Crippen LogP contribution in [0.2, 0.25) is 0 Å². The summed E-state index contributed by atoms with van der Waals surface area (Å²) in [5.41, 5.74) is 1.30. The highest BCUT2D eigenvalue weighted by molar-refractivity contribution is 7.98. The van der Waals surface area contributed by atoms with E-state index in [1.54, 1.807) is 6.07 Å². The first-order valence-electron chi connectivity index (χ1n) is 7.76. The van der Waals surface area contributed by atoms with Gasteiger partial charge in [0.1, 0.15) is 5.01 Å². The fraction of sp³-hybridized carbons (Fsp3) is 0.118. The first kappa shape index (κ1) is 19.3. The lowest BCUT2D eigenvalue weighted by Crippen LogP contribution is -2.14. The van der Waals surface area contributed by atoms with Gasteiger partial charge < -0.3 is 5.32 Å². The Balaban J connectivity index is 1.87. The van der Waals surface area contributed by atoms with Gasteiger partial charge in [0.25, 0.3) is 10.0 Å². The van der Waals surface area contributed by atoms with Crippen molar-refractivity contribution in [2.45, 2.75) is 16.7 Å². The van der Waals surface area contributed by atoms with Gasteiger partial charge in [-0.3, -0.25) is 9.52 Å². The highest BCUT2D eigenvalue weighted by Crippen LogP contribution is 2.31. The molecule has 7 nitrogen and oxygen atoms in total. The van der Waals surface area contributed by atoms with Crippen LogP contribution in [0, 0.1) is 0 Å². The van der Waals surface area contributed by atoms with Crippen LogP contribution in [0.1, 0.15) is 6.92 Å². The SMILES string of the molecule is CSc1ccc(S(=O)(=O)Nc2nnc(-c3ccccc3)s2)cc1NC(C)=O. The molecule has 0 spiro atoms. The Morgan fingerprint density at radius 3 is 2.52 bits per heavy atom. The number of carbonyl (C=O) groups excluding carboxylic acids is 1. The molecule has 2 aromatic carbocycles. The maximum atomic E-state index is 12.7. The molecule has 0 aliphatic rings. The molecule has 1 heterocycles. The van der Waals surface area contributed by atoms with Crippen LogP contribution >= 0.6 is 23.1 Å². The van der Waals surface area contributed by atoms with Gasteiger partial charge in [-0.1, -0.05) is 41.7 Å². The Labute approximate surface area is 165 Å². The summed E-state index contributed by atoms with van der Waals surface area (Å²) in [7, 11) is -3.87. The second-order valence-corrected chi connectivity index (χ2v) is 8.94. The number of anilines is 2. The molecule has 140 valence electrons. The van der Waals surface area contributed by atoms with E-state index in [-0.39, 0.29) is 15.9 Å². The Morgan fingerprint density at radius 2 is 1.85 bits per heavy atom. The summed E-state index contributed by atoms with van der Waals surface area (Å²) in [6.45, 7) is 1.37. The molecule has 27 heavy (non-hydrogen) atoms. The monoisotopic (exact) mass is 420 g/mol. The zero-order chi connectivity index (χ0) is 19.4.